The Morgan fingerprint density at radius 1 is 1.03 bits per heavy atom. The van der Waals surface area contributed by atoms with Gasteiger partial charge in [0, 0.05) is 6.54 Å². The number of aryl methyl sites for hydroxylation is 2. The number of ether oxygens (including phenoxy) is 1. The SMILES string of the molecule is CC(C)CC(NC(=O)OCc1ccccc1)C(=O)NC1CCc2cccc(c2)CCCNC(=O)C1=O. The number of hydrogen-bond donors (Lipinski definition) is 3. The molecule has 36 heavy (non-hydrogen) atoms. The number of carbonyl (C=O) groups excluding carboxylic acids is 4. The Kier molecular flexibility index (Phi) is 10.0. The van der Waals surface area contributed by atoms with Gasteiger partial charge in [0.25, 0.3) is 5.91 Å². The lowest BCUT2D eigenvalue weighted by molar-refractivity contribution is -0.140. The fraction of sp³-hybridized carbons (Fsp3) is 0.429. The van der Waals surface area contributed by atoms with Crippen molar-refractivity contribution in [1.82, 2.24) is 16.0 Å². The van der Waals surface area contributed by atoms with Gasteiger partial charge in [0.1, 0.15) is 12.6 Å². The molecule has 2 aromatic carbocycles. The first-order chi connectivity index (χ1) is 17.3. The summed E-state index contributed by atoms with van der Waals surface area (Å²) in [6.45, 7) is 4.31. The largest absolute Gasteiger partial charge is 0.445 e. The van der Waals surface area contributed by atoms with E-state index in [1.165, 1.54) is 5.56 Å². The van der Waals surface area contributed by atoms with Gasteiger partial charge in [0.2, 0.25) is 11.7 Å². The first-order valence-corrected chi connectivity index (χ1v) is 12.5. The number of rotatable bonds is 7. The number of amides is 3. The zero-order chi connectivity index (χ0) is 25.9. The van der Waals surface area contributed by atoms with Crippen LogP contribution in [0.25, 0.3) is 0 Å². The van der Waals surface area contributed by atoms with Crippen molar-refractivity contribution in [2.75, 3.05) is 6.54 Å². The van der Waals surface area contributed by atoms with E-state index < -0.39 is 35.8 Å². The molecule has 3 rings (SSSR count). The molecule has 2 bridgehead atoms. The molecule has 2 aromatic rings. The van der Waals surface area contributed by atoms with Crippen molar-refractivity contribution >= 4 is 23.7 Å². The lowest BCUT2D eigenvalue weighted by Gasteiger charge is -2.24. The number of fused-ring (bicyclic) bond motifs is 2. The highest BCUT2D eigenvalue weighted by Gasteiger charge is 2.30. The van der Waals surface area contributed by atoms with Crippen molar-refractivity contribution < 1.29 is 23.9 Å². The zero-order valence-corrected chi connectivity index (χ0v) is 20.9. The van der Waals surface area contributed by atoms with Gasteiger partial charge < -0.3 is 20.7 Å². The van der Waals surface area contributed by atoms with Crippen LogP contribution in [0.3, 0.4) is 0 Å². The van der Waals surface area contributed by atoms with E-state index in [0.717, 1.165) is 17.5 Å². The van der Waals surface area contributed by atoms with E-state index in [0.29, 0.717) is 25.8 Å². The maximum atomic E-state index is 13.2. The standard InChI is InChI=1S/C28H35N3O5/c1-19(2)16-24(31-28(35)36-18-22-8-4-3-5-9-22)26(33)30-23-14-13-21-11-6-10-20(17-21)12-7-15-29-27(34)25(23)32/h3-6,8-11,17,19,23-24H,7,12-16,18H2,1-2H3,(H,29,34)(H,30,33)(H,31,35). The quantitative estimate of drug-likeness (QED) is 0.513. The number of Topliss-reactive ketones (excluding diaryl/α,β-unsaturated/α-hetero) is 1. The van der Waals surface area contributed by atoms with Gasteiger partial charge in [-0.1, -0.05) is 68.4 Å². The predicted octanol–water partition coefficient (Wildman–Crippen LogP) is 3.08. The fourth-order valence-electron chi connectivity index (χ4n) is 4.14. The average Bonchev–Trinajstić information content (AvgIpc) is 2.87. The Morgan fingerprint density at radius 2 is 1.75 bits per heavy atom. The molecule has 0 aromatic heterocycles. The summed E-state index contributed by atoms with van der Waals surface area (Å²) >= 11 is 0. The van der Waals surface area contributed by atoms with Crippen LogP contribution in [0.2, 0.25) is 0 Å². The lowest BCUT2D eigenvalue weighted by Crippen LogP contribution is -2.54. The topological polar surface area (TPSA) is 114 Å². The fourth-order valence-corrected chi connectivity index (χ4v) is 4.14. The summed E-state index contributed by atoms with van der Waals surface area (Å²) in [4.78, 5) is 51.0. The van der Waals surface area contributed by atoms with Gasteiger partial charge in [-0.3, -0.25) is 14.4 Å². The van der Waals surface area contributed by atoms with Gasteiger partial charge in [-0.15, -0.1) is 0 Å². The second kappa shape index (κ2) is 13.4. The van der Waals surface area contributed by atoms with Crippen molar-refractivity contribution in [3.8, 4) is 0 Å². The van der Waals surface area contributed by atoms with Crippen molar-refractivity contribution in [3.05, 3.63) is 71.3 Å². The molecular weight excluding hydrogens is 458 g/mol. The Labute approximate surface area is 212 Å². The molecule has 3 amide bonds. The van der Waals surface area contributed by atoms with Crippen LogP contribution in [-0.4, -0.2) is 42.3 Å². The minimum atomic E-state index is -1.00. The first kappa shape index (κ1) is 26.9. The Hall–Kier alpha value is -3.68. The van der Waals surface area contributed by atoms with E-state index in [1.807, 2.05) is 62.4 Å². The molecule has 0 radical (unpaired) electrons. The number of nitrogens with one attached hydrogen (secondary N) is 3. The molecule has 1 aliphatic rings. The highest BCUT2D eigenvalue weighted by atomic mass is 16.5. The van der Waals surface area contributed by atoms with Gasteiger partial charge in [-0.05, 0) is 54.7 Å². The molecule has 192 valence electrons. The molecule has 0 saturated carbocycles. The average molecular weight is 494 g/mol. The molecule has 8 heteroatoms. The third-order valence-corrected chi connectivity index (χ3v) is 6.03. The normalized spacial score (nSPS) is 17.2. The van der Waals surface area contributed by atoms with E-state index in [1.54, 1.807) is 0 Å². The highest BCUT2D eigenvalue weighted by Crippen LogP contribution is 2.13. The van der Waals surface area contributed by atoms with E-state index in [2.05, 4.69) is 22.0 Å². The van der Waals surface area contributed by atoms with Crippen LogP contribution >= 0.6 is 0 Å². The number of benzene rings is 2. The van der Waals surface area contributed by atoms with Gasteiger partial charge in [0.15, 0.2) is 0 Å². The summed E-state index contributed by atoms with van der Waals surface area (Å²) in [6, 6.07) is 15.4. The zero-order valence-electron chi connectivity index (χ0n) is 20.9. The van der Waals surface area contributed by atoms with E-state index in [4.69, 9.17) is 4.74 Å². The number of alkyl carbamates (subject to hydrolysis) is 1. The molecule has 0 aliphatic carbocycles. The summed E-state index contributed by atoms with van der Waals surface area (Å²) < 4.78 is 5.27. The molecule has 0 spiro atoms. The monoisotopic (exact) mass is 493 g/mol. The van der Waals surface area contributed by atoms with Gasteiger partial charge in [-0.2, -0.15) is 0 Å². The van der Waals surface area contributed by atoms with Crippen LogP contribution in [0.15, 0.2) is 54.6 Å². The Balaban J connectivity index is 1.68. The molecule has 2 unspecified atom stereocenters. The summed E-state index contributed by atoms with van der Waals surface area (Å²) in [7, 11) is 0. The summed E-state index contributed by atoms with van der Waals surface area (Å²) in [5.41, 5.74) is 3.04. The molecular formula is C28H35N3O5. The van der Waals surface area contributed by atoms with Crippen molar-refractivity contribution in [2.45, 2.75) is 64.6 Å². The van der Waals surface area contributed by atoms with E-state index in [9.17, 15) is 19.2 Å². The number of carbonyl (C=O) groups is 4. The minimum absolute atomic E-state index is 0.0725. The molecule has 0 fully saturated rings. The molecule has 2 atom stereocenters. The third-order valence-electron chi connectivity index (χ3n) is 6.03. The van der Waals surface area contributed by atoms with Crippen LogP contribution < -0.4 is 16.0 Å². The van der Waals surface area contributed by atoms with Gasteiger partial charge in [-0.25, -0.2) is 4.79 Å². The molecule has 0 saturated heterocycles. The molecule has 1 aliphatic heterocycles. The van der Waals surface area contributed by atoms with E-state index >= 15 is 0 Å². The minimum Gasteiger partial charge on any atom is -0.445 e. The van der Waals surface area contributed by atoms with Crippen molar-refractivity contribution in [2.24, 2.45) is 5.92 Å². The molecule has 8 nitrogen and oxygen atoms in total. The third kappa shape index (κ3) is 8.52. The maximum Gasteiger partial charge on any atom is 0.408 e. The Bertz CT molecular complexity index is 1050. The molecule has 1 heterocycles. The van der Waals surface area contributed by atoms with E-state index in [-0.39, 0.29) is 18.9 Å². The van der Waals surface area contributed by atoms with Gasteiger partial charge >= 0.3 is 6.09 Å². The van der Waals surface area contributed by atoms with Crippen molar-refractivity contribution in [3.63, 3.8) is 0 Å². The summed E-state index contributed by atoms with van der Waals surface area (Å²) in [6.07, 6.45) is 1.95. The second-order valence-corrected chi connectivity index (χ2v) is 9.53. The number of ketones is 1. The van der Waals surface area contributed by atoms with Crippen molar-refractivity contribution in [1.29, 1.82) is 0 Å². The highest BCUT2D eigenvalue weighted by molar-refractivity contribution is 6.38. The van der Waals surface area contributed by atoms with Crippen LogP contribution in [0, 0.1) is 5.92 Å². The Morgan fingerprint density at radius 3 is 2.47 bits per heavy atom. The van der Waals surface area contributed by atoms with Crippen LogP contribution in [0.1, 0.15) is 49.8 Å². The van der Waals surface area contributed by atoms with Crippen LogP contribution in [-0.2, 0) is 38.6 Å². The molecule has 3 N–H and O–H groups in total. The second-order valence-electron chi connectivity index (χ2n) is 9.53. The van der Waals surface area contributed by atoms with Crippen LogP contribution in [0.5, 0.6) is 0 Å². The summed E-state index contributed by atoms with van der Waals surface area (Å²) in [5, 5.41) is 8.00. The first-order valence-electron chi connectivity index (χ1n) is 12.5. The number of hydrogen-bond acceptors (Lipinski definition) is 5. The maximum absolute atomic E-state index is 13.2. The van der Waals surface area contributed by atoms with Crippen LogP contribution in [0.4, 0.5) is 4.79 Å². The lowest BCUT2D eigenvalue weighted by atomic mass is 9.97. The summed E-state index contributed by atoms with van der Waals surface area (Å²) in [5.74, 6) is -1.82. The van der Waals surface area contributed by atoms with Gasteiger partial charge in [0.05, 0.1) is 6.04 Å². The predicted molar refractivity (Wildman–Crippen MR) is 136 cm³/mol. The smallest absolute Gasteiger partial charge is 0.408 e.